The summed E-state index contributed by atoms with van der Waals surface area (Å²) in [4.78, 5) is 26.7. The van der Waals surface area contributed by atoms with Gasteiger partial charge in [-0.25, -0.2) is 0 Å². The van der Waals surface area contributed by atoms with E-state index in [-0.39, 0.29) is 23.9 Å². The summed E-state index contributed by atoms with van der Waals surface area (Å²) >= 11 is 0. The fourth-order valence-electron chi connectivity index (χ4n) is 2.78. The molecule has 2 amide bonds. The van der Waals surface area contributed by atoms with E-state index in [1.165, 1.54) is 0 Å². The zero-order chi connectivity index (χ0) is 16.5. The molecule has 1 N–H and O–H groups in total. The Hall–Kier alpha value is -1.78. The Kier molecular flexibility index (Phi) is 4.63. The molecular weight excluding hydrogens is 280 g/mol. The summed E-state index contributed by atoms with van der Waals surface area (Å²) in [6.45, 7) is 10.1. The Morgan fingerprint density at radius 1 is 1.36 bits per heavy atom. The number of amides is 2. The van der Waals surface area contributed by atoms with Gasteiger partial charge >= 0.3 is 0 Å². The maximum Gasteiger partial charge on any atom is 0.243 e. The second kappa shape index (κ2) is 6.15. The molecule has 1 saturated heterocycles. The van der Waals surface area contributed by atoms with Crippen molar-refractivity contribution in [2.45, 2.75) is 59.5 Å². The number of carbonyl (C=O) groups excluding carboxylic acids is 2. The first-order chi connectivity index (χ1) is 10.2. The van der Waals surface area contributed by atoms with E-state index in [9.17, 15) is 9.59 Å². The summed E-state index contributed by atoms with van der Waals surface area (Å²) in [6, 6.07) is 3.18. The number of carbonyl (C=O) groups is 2. The van der Waals surface area contributed by atoms with Crippen molar-refractivity contribution in [2.75, 3.05) is 6.54 Å². The molecule has 0 bridgehead atoms. The Bertz CT molecular complexity index is 556. The maximum atomic E-state index is 12.5. The number of furan rings is 1. The van der Waals surface area contributed by atoms with Crippen molar-refractivity contribution in [2.24, 2.45) is 5.41 Å². The molecule has 2 atom stereocenters. The Balaban J connectivity index is 2.03. The monoisotopic (exact) mass is 306 g/mol. The van der Waals surface area contributed by atoms with Gasteiger partial charge in [-0.2, -0.15) is 0 Å². The molecule has 0 radical (unpaired) electrons. The third-order valence-corrected chi connectivity index (χ3v) is 4.00. The Labute approximate surface area is 132 Å². The van der Waals surface area contributed by atoms with Crippen molar-refractivity contribution in [1.29, 1.82) is 0 Å². The molecule has 5 heteroatoms. The van der Waals surface area contributed by atoms with Crippen LogP contribution in [0.4, 0.5) is 0 Å². The largest absolute Gasteiger partial charge is 0.464 e. The molecule has 5 nitrogen and oxygen atoms in total. The Morgan fingerprint density at radius 2 is 2.05 bits per heavy atom. The van der Waals surface area contributed by atoms with Crippen LogP contribution in [0.3, 0.4) is 0 Å². The van der Waals surface area contributed by atoms with Gasteiger partial charge in [0, 0.05) is 12.0 Å². The summed E-state index contributed by atoms with van der Waals surface area (Å²) in [5.41, 5.74) is -0.466. The molecular formula is C17H26N2O3. The van der Waals surface area contributed by atoms with E-state index >= 15 is 0 Å². The minimum atomic E-state index is -0.466. The smallest absolute Gasteiger partial charge is 0.243 e. The molecule has 1 aliphatic heterocycles. The first-order valence-electron chi connectivity index (χ1n) is 7.88. The Morgan fingerprint density at radius 3 is 2.59 bits per heavy atom. The molecule has 0 aliphatic carbocycles. The van der Waals surface area contributed by atoms with Gasteiger partial charge in [-0.3, -0.25) is 9.59 Å². The average Bonchev–Trinajstić information content (AvgIpc) is 3.04. The van der Waals surface area contributed by atoms with Gasteiger partial charge in [-0.1, -0.05) is 20.8 Å². The van der Waals surface area contributed by atoms with Crippen LogP contribution in [0.5, 0.6) is 0 Å². The zero-order valence-corrected chi connectivity index (χ0v) is 14.1. The highest BCUT2D eigenvalue weighted by atomic mass is 16.3. The molecule has 2 rings (SSSR count). The minimum absolute atomic E-state index is 0.0339. The van der Waals surface area contributed by atoms with Crippen LogP contribution in [0.2, 0.25) is 0 Å². The van der Waals surface area contributed by atoms with E-state index in [4.69, 9.17) is 4.42 Å². The number of hydrogen-bond donors (Lipinski definition) is 1. The highest BCUT2D eigenvalue weighted by Gasteiger charge is 2.38. The minimum Gasteiger partial charge on any atom is -0.464 e. The van der Waals surface area contributed by atoms with Gasteiger partial charge < -0.3 is 14.6 Å². The van der Waals surface area contributed by atoms with Crippen molar-refractivity contribution in [3.8, 4) is 0 Å². The number of nitrogens with zero attached hydrogens (tertiary/aromatic N) is 1. The molecule has 122 valence electrons. The third-order valence-electron chi connectivity index (χ3n) is 4.00. The predicted octanol–water partition coefficient (Wildman–Crippen LogP) is 2.80. The molecule has 1 fully saturated rings. The van der Waals surface area contributed by atoms with Crippen molar-refractivity contribution >= 4 is 11.8 Å². The van der Waals surface area contributed by atoms with Crippen molar-refractivity contribution in [3.63, 3.8) is 0 Å². The molecule has 2 heterocycles. The van der Waals surface area contributed by atoms with Crippen LogP contribution in [-0.2, 0) is 9.59 Å². The number of rotatable bonds is 3. The normalized spacial score (nSPS) is 20.0. The van der Waals surface area contributed by atoms with Crippen LogP contribution in [0, 0.1) is 12.3 Å². The first-order valence-corrected chi connectivity index (χ1v) is 7.88. The maximum absolute atomic E-state index is 12.5. The van der Waals surface area contributed by atoms with E-state index in [1.807, 2.05) is 46.8 Å². The van der Waals surface area contributed by atoms with E-state index in [1.54, 1.807) is 4.90 Å². The van der Waals surface area contributed by atoms with Gasteiger partial charge in [-0.15, -0.1) is 0 Å². The SMILES string of the molecule is Cc1ccc(C(C)NC(=O)C2CCCN2C(=O)C(C)(C)C)o1. The van der Waals surface area contributed by atoms with Crippen LogP contribution in [0.25, 0.3) is 0 Å². The van der Waals surface area contributed by atoms with Gasteiger partial charge in [-0.05, 0) is 38.8 Å². The van der Waals surface area contributed by atoms with Crippen molar-refractivity contribution < 1.29 is 14.0 Å². The first kappa shape index (κ1) is 16.6. The number of aryl methyl sites for hydroxylation is 1. The van der Waals surface area contributed by atoms with Gasteiger partial charge in [0.25, 0.3) is 0 Å². The lowest BCUT2D eigenvalue weighted by Crippen LogP contribution is -2.49. The summed E-state index contributed by atoms with van der Waals surface area (Å²) in [5, 5.41) is 2.96. The van der Waals surface area contributed by atoms with Crippen LogP contribution in [0.15, 0.2) is 16.5 Å². The molecule has 0 aromatic carbocycles. The van der Waals surface area contributed by atoms with Crippen LogP contribution >= 0.6 is 0 Å². The van der Waals surface area contributed by atoms with Gasteiger partial charge in [0.05, 0.1) is 6.04 Å². The highest BCUT2D eigenvalue weighted by Crippen LogP contribution is 2.26. The lowest BCUT2D eigenvalue weighted by Gasteiger charge is -2.30. The van der Waals surface area contributed by atoms with E-state index in [0.717, 1.165) is 24.4 Å². The number of nitrogens with one attached hydrogen (secondary N) is 1. The van der Waals surface area contributed by atoms with Crippen LogP contribution in [0.1, 0.15) is 58.1 Å². The van der Waals surface area contributed by atoms with Crippen LogP contribution < -0.4 is 5.32 Å². The summed E-state index contributed by atoms with van der Waals surface area (Å²) in [6.07, 6.45) is 1.59. The number of likely N-dealkylation sites (tertiary alicyclic amines) is 1. The van der Waals surface area contributed by atoms with Crippen molar-refractivity contribution in [1.82, 2.24) is 10.2 Å². The van der Waals surface area contributed by atoms with Crippen molar-refractivity contribution in [3.05, 3.63) is 23.7 Å². The fourth-order valence-corrected chi connectivity index (χ4v) is 2.78. The molecule has 22 heavy (non-hydrogen) atoms. The predicted molar refractivity (Wildman–Crippen MR) is 84.2 cm³/mol. The van der Waals surface area contributed by atoms with Gasteiger partial charge in [0.2, 0.25) is 11.8 Å². The number of hydrogen-bond acceptors (Lipinski definition) is 3. The van der Waals surface area contributed by atoms with E-state index in [2.05, 4.69) is 5.32 Å². The topological polar surface area (TPSA) is 62.6 Å². The fraction of sp³-hybridized carbons (Fsp3) is 0.647. The second-order valence-electron chi connectivity index (χ2n) is 7.09. The standard InChI is InChI=1S/C17H26N2O3/c1-11-8-9-14(22-11)12(2)18-15(20)13-7-6-10-19(13)16(21)17(3,4)5/h8-9,12-13H,6-7,10H2,1-5H3,(H,18,20). The van der Waals surface area contributed by atoms with E-state index in [0.29, 0.717) is 6.54 Å². The van der Waals surface area contributed by atoms with Crippen LogP contribution in [-0.4, -0.2) is 29.3 Å². The summed E-state index contributed by atoms with van der Waals surface area (Å²) in [5.74, 6) is 1.49. The molecule has 1 aromatic heterocycles. The lowest BCUT2D eigenvalue weighted by molar-refractivity contribution is -0.144. The average molecular weight is 306 g/mol. The third kappa shape index (κ3) is 3.51. The molecule has 2 unspecified atom stereocenters. The second-order valence-corrected chi connectivity index (χ2v) is 7.09. The quantitative estimate of drug-likeness (QED) is 0.934. The lowest BCUT2D eigenvalue weighted by atomic mass is 9.94. The molecule has 1 aliphatic rings. The summed E-state index contributed by atoms with van der Waals surface area (Å²) < 4.78 is 5.54. The molecule has 0 saturated carbocycles. The molecule has 0 spiro atoms. The zero-order valence-electron chi connectivity index (χ0n) is 14.1. The van der Waals surface area contributed by atoms with E-state index < -0.39 is 5.41 Å². The van der Waals surface area contributed by atoms with Gasteiger partial charge in [0.1, 0.15) is 17.6 Å². The van der Waals surface area contributed by atoms with Gasteiger partial charge in [0.15, 0.2) is 0 Å². The highest BCUT2D eigenvalue weighted by molar-refractivity contribution is 5.90. The molecule has 1 aromatic rings. The summed E-state index contributed by atoms with van der Waals surface area (Å²) in [7, 11) is 0.